The van der Waals surface area contributed by atoms with Crippen molar-refractivity contribution in [1.29, 1.82) is 0 Å². The van der Waals surface area contributed by atoms with Gasteiger partial charge in [0.25, 0.3) is 0 Å². The Balaban J connectivity index is 1.50. The minimum Gasteiger partial charge on any atom is -0.478 e. The smallest absolute Gasteiger partial charge is 0.335 e. The van der Waals surface area contributed by atoms with Crippen LogP contribution in [0.15, 0.2) is 24.3 Å². The molecule has 5 nitrogen and oxygen atoms in total. The van der Waals surface area contributed by atoms with Crippen molar-refractivity contribution in [3.05, 3.63) is 52.6 Å². The molecule has 2 aromatic rings. The Kier molecular flexibility index (Phi) is 4.10. The molecule has 0 bridgehead atoms. The Bertz CT molecular complexity index is 712. The molecule has 1 atom stereocenters. The highest BCUT2D eigenvalue weighted by Crippen LogP contribution is 2.33. The number of likely N-dealkylation sites (tertiary alicyclic amines) is 1. The molecule has 1 saturated heterocycles. The van der Waals surface area contributed by atoms with E-state index in [1.807, 2.05) is 12.1 Å². The van der Waals surface area contributed by atoms with Crippen LogP contribution in [0, 0.1) is 0 Å². The first kappa shape index (κ1) is 15.4. The number of benzene rings is 1. The van der Waals surface area contributed by atoms with Crippen LogP contribution in [0.25, 0.3) is 0 Å². The predicted octanol–water partition coefficient (Wildman–Crippen LogP) is 3.32. The number of carboxylic acid groups (broad SMARTS) is 1. The van der Waals surface area contributed by atoms with Gasteiger partial charge in [0.15, 0.2) is 0 Å². The summed E-state index contributed by atoms with van der Waals surface area (Å²) < 4.78 is 0. The molecular formula is C19H23N3O2. The van der Waals surface area contributed by atoms with Crippen molar-refractivity contribution in [3.8, 4) is 0 Å². The molecule has 1 aliphatic heterocycles. The second-order valence-corrected chi connectivity index (χ2v) is 6.88. The van der Waals surface area contributed by atoms with Crippen LogP contribution in [0.5, 0.6) is 0 Å². The Hall–Kier alpha value is -2.14. The summed E-state index contributed by atoms with van der Waals surface area (Å²) in [6, 6.07) is 7.58. The van der Waals surface area contributed by atoms with Gasteiger partial charge in [0, 0.05) is 12.2 Å². The minimum absolute atomic E-state index is 0.343. The number of aryl methyl sites for hydroxylation is 2. The topological polar surface area (TPSA) is 69.2 Å². The molecular weight excluding hydrogens is 302 g/mol. The normalized spacial score (nSPS) is 20.9. The monoisotopic (exact) mass is 325 g/mol. The lowest BCUT2D eigenvalue weighted by molar-refractivity contribution is 0.0697. The number of carboxylic acids is 1. The number of rotatable bonds is 4. The zero-order valence-corrected chi connectivity index (χ0v) is 13.8. The Labute approximate surface area is 141 Å². The Morgan fingerprint density at radius 2 is 2.00 bits per heavy atom. The van der Waals surface area contributed by atoms with Gasteiger partial charge in [-0.15, -0.1) is 0 Å². The van der Waals surface area contributed by atoms with E-state index in [0.717, 1.165) is 43.7 Å². The number of aromatic carboxylic acids is 1. The molecule has 1 unspecified atom stereocenters. The van der Waals surface area contributed by atoms with Crippen molar-refractivity contribution in [2.75, 3.05) is 6.54 Å². The van der Waals surface area contributed by atoms with Gasteiger partial charge in [-0.25, -0.2) is 9.78 Å². The van der Waals surface area contributed by atoms with E-state index >= 15 is 0 Å². The van der Waals surface area contributed by atoms with Crippen molar-refractivity contribution in [2.24, 2.45) is 0 Å². The first-order chi connectivity index (χ1) is 11.7. The lowest BCUT2D eigenvalue weighted by Crippen LogP contribution is -2.23. The van der Waals surface area contributed by atoms with E-state index < -0.39 is 5.97 Å². The van der Waals surface area contributed by atoms with E-state index in [1.165, 1.54) is 30.7 Å². The predicted molar refractivity (Wildman–Crippen MR) is 91.0 cm³/mol. The van der Waals surface area contributed by atoms with Crippen molar-refractivity contribution in [3.63, 3.8) is 0 Å². The fraction of sp³-hybridized carbons (Fsp3) is 0.474. The molecule has 2 aliphatic rings. The van der Waals surface area contributed by atoms with Crippen molar-refractivity contribution >= 4 is 5.97 Å². The van der Waals surface area contributed by atoms with E-state index in [9.17, 15) is 4.79 Å². The fourth-order valence-electron chi connectivity index (χ4n) is 3.95. The molecule has 126 valence electrons. The van der Waals surface area contributed by atoms with E-state index in [2.05, 4.69) is 9.88 Å². The number of aromatic amines is 1. The molecule has 24 heavy (non-hydrogen) atoms. The molecule has 0 radical (unpaired) electrons. The fourth-order valence-corrected chi connectivity index (χ4v) is 3.95. The highest BCUT2D eigenvalue weighted by atomic mass is 16.4. The number of H-pyrrole nitrogens is 1. The van der Waals surface area contributed by atoms with E-state index in [-0.39, 0.29) is 0 Å². The zero-order valence-electron chi connectivity index (χ0n) is 13.8. The maximum atomic E-state index is 11.0. The summed E-state index contributed by atoms with van der Waals surface area (Å²) in [6.45, 7) is 1.91. The number of aromatic nitrogens is 2. The third-order valence-corrected chi connectivity index (χ3v) is 5.24. The zero-order chi connectivity index (χ0) is 16.5. The van der Waals surface area contributed by atoms with Gasteiger partial charge in [-0.1, -0.05) is 12.1 Å². The number of nitrogens with one attached hydrogen (secondary N) is 1. The van der Waals surface area contributed by atoms with E-state index in [4.69, 9.17) is 10.1 Å². The average molecular weight is 325 g/mol. The second kappa shape index (κ2) is 6.40. The molecule has 1 fully saturated rings. The molecule has 5 heteroatoms. The molecule has 2 N–H and O–H groups in total. The number of hydrogen-bond acceptors (Lipinski definition) is 3. The Morgan fingerprint density at radius 3 is 2.75 bits per heavy atom. The lowest BCUT2D eigenvalue weighted by atomic mass is 10.0. The maximum absolute atomic E-state index is 11.0. The quantitative estimate of drug-likeness (QED) is 0.905. The van der Waals surface area contributed by atoms with Gasteiger partial charge >= 0.3 is 5.97 Å². The summed E-state index contributed by atoms with van der Waals surface area (Å²) in [5.74, 6) is 0.253. The number of fused-ring (bicyclic) bond motifs is 1. The molecule has 0 spiro atoms. The molecule has 1 aromatic carbocycles. The molecule has 2 heterocycles. The molecule has 1 aromatic heterocycles. The van der Waals surface area contributed by atoms with Crippen molar-refractivity contribution in [2.45, 2.75) is 51.1 Å². The summed E-state index contributed by atoms with van der Waals surface area (Å²) in [4.78, 5) is 21.9. The van der Waals surface area contributed by atoms with Gasteiger partial charge in [-0.3, -0.25) is 4.90 Å². The summed E-state index contributed by atoms with van der Waals surface area (Å²) >= 11 is 0. The van der Waals surface area contributed by atoms with E-state index in [1.54, 1.807) is 12.1 Å². The maximum Gasteiger partial charge on any atom is 0.335 e. The third-order valence-electron chi connectivity index (χ3n) is 5.24. The van der Waals surface area contributed by atoms with Crippen LogP contribution in [-0.2, 0) is 19.4 Å². The highest BCUT2D eigenvalue weighted by Gasteiger charge is 2.29. The second-order valence-electron chi connectivity index (χ2n) is 6.88. The SMILES string of the molecule is O=C(O)c1ccc(CN2CCCC2c2nc3c([nH]2)CCCC3)cc1. The number of imidazole rings is 1. The standard InChI is InChI=1S/C19H23N3O2/c23-19(24)14-9-7-13(8-10-14)12-22-11-3-6-17(22)18-20-15-4-1-2-5-16(15)21-18/h7-10,17H,1-6,11-12H2,(H,20,21)(H,23,24). The third kappa shape index (κ3) is 2.96. The summed E-state index contributed by atoms with van der Waals surface area (Å²) in [7, 11) is 0. The average Bonchev–Trinajstić information content (AvgIpc) is 3.21. The van der Waals surface area contributed by atoms with Gasteiger partial charge in [0.2, 0.25) is 0 Å². The largest absolute Gasteiger partial charge is 0.478 e. The summed E-state index contributed by atoms with van der Waals surface area (Å²) in [6.07, 6.45) is 7.07. The van der Waals surface area contributed by atoms with Gasteiger partial charge < -0.3 is 10.1 Å². The highest BCUT2D eigenvalue weighted by molar-refractivity contribution is 5.87. The van der Waals surface area contributed by atoms with Crippen LogP contribution < -0.4 is 0 Å². The molecule has 4 rings (SSSR count). The Morgan fingerprint density at radius 1 is 1.21 bits per heavy atom. The van der Waals surface area contributed by atoms with Crippen LogP contribution in [0.1, 0.15) is 64.9 Å². The minimum atomic E-state index is -0.873. The van der Waals surface area contributed by atoms with Gasteiger partial charge in [0.1, 0.15) is 5.82 Å². The molecule has 0 amide bonds. The first-order valence-electron chi connectivity index (χ1n) is 8.84. The van der Waals surface area contributed by atoms with Crippen LogP contribution >= 0.6 is 0 Å². The van der Waals surface area contributed by atoms with Crippen molar-refractivity contribution in [1.82, 2.24) is 14.9 Å². The molecule has 1 aliphatic carbocycles. The molecule has 0 saturated carbocycles. The van der Waals surface area contributed by atoms with Crippen molar-refractivity contribution < 1.29 is 9.90 Å². The summed E-state index contributed by atoms with van der Waals surface area (Å²) in [5, 5.41) is 9.01. The number of hydrogen-bond donors (Lipinski definition) is 2. The number of nitrogens with zero attached hydrogens (tertiary/aromatic N) is 2. The van der Waals surface area contributed by atoms with Crippen LogP contribution in [0.2, 0.25) is 0 Å². The van der Waals surface area contributed by atoms with Crippen LogP contribution in [0.4, 0.5) is 0 Å². The summed E-state index contributed by atoms with van der Waals surface area (Å²) in [5.41, 5.74) is 4.11. The van der Waals surface area contributed by atoms with Crippen LogP contribution in [-0.4, -0.2) is 32.5 Å². The van der Waals surface area contributed by atoms with E-state index in [0.29, 0.717) is 11.6 Å². The lowest BCUT2D eigenvalue weighted by Gasteiger charge is -2.23. The van der Waals surface area contributed by atoms with Crippen LogP contribution in [0.3, 0.4) is 0 Å². The van der Waals surface area contributed by atoms with Gasteiger partial charge in [0.05, 0.1) is 17.3 Å². The van der Waals surface area contributed by atoms with Gasteiger partial charge in [-0.05, 0) is 62.8 Å². The number of carbonyl (C=O) groups is 1. The van der Waals surface area contributed by atoms with Gasteiger partial charge in [-0.2, -0.15) is 0 Å². The first-order valence-corrected chi connectivity index (χ1v) is 8.84.